The number of carbonyl (C=O) groups excluding carboxylic acids is 2. The molecule has 0 radical (unpaired) electrons. The maximum atomic E-state index is 13.5. The largest absolute Gasteiger partial charge is 0.339 e. The molecule has 2 aliphatic rings. The van der Waals surface area contributed by atoms with E-state index < -0.39 is 0 Å². The predicted octanol–water partition coefficient (Wildman–Crippen LogP) is 5.04. The third-order valence-corrected chi connectivity index (χ3v) is 7.96. The Morgan fingerprint density at radius 3 is 2.15 bits per heavy atom. The molecule has 6 rings (SSSR count). The first-order chi connectivity index (χ1) is 19.1. The molecule has 2 aromatic heterocycles. The normalized spacial score (nSPS) is 16.1. The van der Waals surface area contributed by atoms with Gasteiger partial charge < -0.3 is 14.4 Å². The summed E-state index contributed by atoms with van der Waals surface area (Å²) >= 11 is 0. The first-order valence-electron chi connectivity index (χ1n) is 13.4. The van der Waals surface area contributed by atoms with Crippen molar-refractivity contribution < 1.29 is 9.59 Å². The highest BCUT2D eigenvalue weighted by Crippen LogP contribution is 2.41. The van der Waals surface area contributed by atoms with Gasteiger partial charge >= 0.3 is 0 Å². The molecule has 0 bridgehead atoms. The third kappa shape index (κ3) is 5.21. The Kier molecular flexibility index (Phi) is 6.73. The van der Waals surface area contributed by atoms with Crippen LogP contribution in [-0.2, 0) is 0 Å². The molecular formula is C33H30N4O2. The first kappa shape index (κ1) is 24.7. The van der Waals surface area contributed by atoms with Crippen molar-refractivity contribution in [2.24, 2.45) is 5.41 Å². The van der Waals surface area contributed by atoms with E-state index in [1.807, 2.05) is 99.6 Å². The minimum absolute atomic E-state index is 0.00175. The van der Waals surface area contributed by atoms with Crippen molar-refractivity contribution in [3.8, 4) is 17.5 Å². The van der Waals surface area contributed by atoms with Crippen molar-refractivity contribution in [1.29, 1.82) is 0 Å². The molecule has 0 atom stereocenters. The van der Waals surface area contributed by atoms with E-state index in [1.165, 1.54) is 0 Å². The Balaban J connectivity index is 1.10. The summed E-state index contributed by atoms with van der Waals surface area (Å²) in [5, 5.41) is 0. The van der Waals surface area contributed by atoms with E-state index >= 15 is 0 Å². The van der Waals surface area contributed by atoms with Crippen LogP contribution < -0.4 is 0 Å². The molecule has 1 spiro atoms. The molecule has 2 saturated heterocycles. The summed E-state index contributed by atoms with van der Waals surface area (Å²) in [6.45, 7) is 2.84. The maximum Gasteiger partial charge on any atom is 0.255 e. The van der Waals surface area contributed by atoms with E-state index in [0.717, 1.165) is 48.2 Å². The lowest BCUT2D eigenvalue weighted by atomic mass is 9.77. The van der Waals surface area contributed by atoms with Gasteiger partial charge in [-0.1, -0.05) is 42.2 Å². The van der Waals surface area contributed by atoms with Crippen molar-refractivity contribution in [2.75, 3.05) is 26.2 Å². The van der Waals surface area contributed by atoms with Crippen LogP contribution in [0.2, 0.25) is 0 Å². The average Bonchev–Trinajstić information content (AvgIpc) is 3.68. The number of carbonyl (C=O) groups is 2. The standard InChI is InChI=1S/C33H30N4O2/c38-31(28-22-27(23-34-24-28)13-12-26-8-2-1-3-9-26)37-21-16-33(25-37)14-19-36(20-15-33)32(39)29-10-4-5-11-30(29)35-17-6-7-18-35/h1-11,17-18,22-24H,14-16,19-21,25H2. The number of para-hydroxylation sites is 1. The van der Waals surface area contributed by atoms with Gasteiger partial charge in [0.05, 0.1) is 16.8 Å². The molecule has 2 aliphatic heterocycles. The van der Waals surface area contributed by atoms with E-state index in [9.17, 15) is 9.59 Å². The Labute approximate surface area is 228 Å². The molecule has 39 heavy (non-hydrogen) atoms. The number of hydrogen-bond donors (Lipinski definition) is 0. The van der Waals surface area contributed by atoms with Gasteiger partial charge in [0.1, 0.15) is 0 Å². The Morgan fingerprint density at radius 2 is 1.38 bits per heavy atom. The SMILES string of the molecule is O=C(c1cncc(C#Cc2ccccc2)c1)N1CCC2(CCN(C(=O)c3ccccc3-n3cccc3)CC2)C1. The summed E-state index contributed by atoms with van der Waals surface area (Å²) in [5.41, 5.74) is 3.90. The molecule has 2 amide bonds. The number of amides is 2. The Hall–Kier alpha value is -4.63. The summed E-state index contributed by atoms with van der Waals surface area (Å²) in [6, 6.07) is 23.3. The van der Waals surface area contributed by atoms with Crippen LogP contribution in [0.3, 0.4) is 0 Å². The van der Waals surface area contributed by atoms with Crippen LogP contribution in [0.5, 0.6) is 0 Å². The summed E-state index contributed by atoms with van der Waals surface area (Å²) in [4.78, 5) is 35.1. The van der Waals surface area contributed by atoms with E-state index in [0.29, 0.717) is 25.2 Å². The number of likely N-dealkylation sites (tertiary alicyclic amines) is 2. The molecule has 194 valence electrons. The lowest BCUT2D eigenvalue weighted by molar-refractivity contribution is 0.0565. The number of rotatable bonds is 3. The van der Waals surface area contributed by atoms with E-state index in [-0.39, 0.29) is 17.2 Å². The zero-order valence-electron chi connectivity index (χ0n) is 21.8. The second-order valence-corrected chi connectivity index (χ2v) is 10.5. The van der Waals surface area contributed by atoms with Gasteiger partial charge in [-0.2, -0.15) is 0 Å². The van der Waals surface area contributed by atoms with Crippen LogP contribution in [0.1, 0.15) is 51.1 Å². The number of hydrogen-bond acceptors (Lipinski definition) is 3. The molecule has 2 aromatic carbocycles. The smallest absolute Gasteiger partial charge is 0.255 e. The Morgan fingerprint density at radius 1 is 0.718 bits per heavy atom. The van der Waals surface area contributed by atoms with E-state index in [1.54, 1.807) is 12.4 Å². The van der Waals surface area contributed by atoms with Crippen molar-refractivity contribution in [2.45, 2.75) is 19.3 Å². The maximum absolute atomic E-state index is 13.5. The summed E-state index contributed by atoms with van der Waals surface area (Å²) in [7, 11) is 0. The van der Waals surface area contributed by atoms with E-state index in [4.69, 9.17) is 0 Å². The Bertz CT molecular complexity index is 1540. The number of pyridine rings is 1. The topological polar surface area (TPSA) is 58.4 Å². The zero-order valence-corrected chi connectivity index (χ0v) is 21.8. The lowest BCUT2D eigenvalue weighted by Crippen LogP contribution is -2.45. The summed E-state index contributed by atoms with van der Waals surface area (Å²) in [6.07, 6.45) is 10.0. The molecule has 0 aliphatic carbocycles. The molecule has 6 heteroatoms. The van der Waals surface area contributed by atoms with Gasteiger partial charge in [-0.25, -0.2) is 0 Å². The van der Waals surface area contributed by atoms with Crippen molar-refractivity contribution in [3.05, 3.63) is 120 Å². The molecule has 4 aromatic rings. The molecule has 0 N–H and O–H groups in total. The van der Waals surface area contributed by atoms with E-state index in [2.05, 4.69) is 16.8 Å². The number of piperidine rings is 1. The van der Waals surface area contributed by atoms with Crippen molar-refractivity contribution >= 4 is 11.8 Å². The fourth-order valence-electron chi connectivity index (χ4n) is 5.72. The highest BCUT2D eigenvalue weighted by molar-refractivity contribution is 5.98. The molecule has 6 nitrogen and oxygen atoms in total. The molecular weight excluding hydrogens is 484 g/mol. The van der Waals surface area contributed by atoms with Gasteiger partial charge in [0.15, 0.2) is 0 Å². The second-order valence-electron chi connectivity index (χ2n) is 10.5. The number of nitrogens with zero attached hydrogens (tertiary/aromatic N) is 4. The average molecular weight is 515 g/mol. The van der Waals surface area contributed by atoms with Crippen LogP contribution in [0.4, 0.5) is 0 Å². The van der Waals surface area contributed by atoms with Gasteiger partial charge in [-0.15, -0.1) is 0 Å². The second kappa shape index (κ2) is 10.6. The van der Waals surface area contributed by atoms with Gasteiger partial charge in [0.25, 0.3) is 11.8 Å². The van der Waals surface area contributed by atoms with Gasteiger partial charge in [-0.05, 0) is 67.1 Å². The predicted molar refractivity (Wildman–Crippen MR) is 151 cm³/mol. The molecule has 2 fully saturated rings. The van der Waals surface area contributed by atoms with Gasteiger partial charge in [-0.3, -0.25) is 14.6 Å². The van der Waals surface area contributed by atoms with Crippen LogP contribution in [0, 0.1) is 17.3 Å². The van der Waals surface area contributed by atoms with Crippen molar-refractivity contribution in [1.82, 2.24) is 19.4 Å². The minimum Gasteiger partial charge on any atom is -0.339 e. The van der Waals surface area contributed by atoms with Crippen LogP contribution >= 0.6 is 0 Å². The van der Waals surface area contributed by atoms with Crippen LogP contribution in [0.15, 0.2) is 97.6 Å². The fraction of sp³-hybridized carbons (Fsp3) is 0.242. The van der Waals surface area contributed by atoms with Crippen molar-refractivity contribution in [3.63, 3.8) is 0 Å². The molecule has 0 saturated carbocycles. The monoisotopic (exact) mass is 514 g/mol. The zero-order chi connectivity index (χ0) is 26.7. The minimum atomic E-state index is 0.00175. The highest BCUT2D eigenvalue weighted by atomic mass is 16.2. The van der Waals surface area contributed by atoms with Gasteiger partial charge in [0.2, 0.25) is 0 Å². The third-order valence-electron chi connectivity index (χ3n) is 7.96. The first-order valence-corrected chi connectivity index (χ1v) is 13.4. The quantitative estimate of drug-likeness (QED) is 0.360. The van der Waals surface area contributed by atoms with Crippen LogP contribution in [-0.4, -0.2) is 57.3 Å². The summed E-state index contributed by atoms with van der Waals surface area (Å²) in [5.74, 6) is 6.33. The van der Waals surface area contributed by atoms with Crippen LogP contribution in [0.25, 0.3) is 5.69 Å². The summed E-state index contributed by atoms with van der Waals surface area (Å²) < 4.78 is 1.98. The number of aromatic nitrogens is 2. The molecule has 4 heterocycles. The fourth-order valence-corrected chi connectivity index (χ4v) is 5.72. The number of benzene rings is 2. The molecule has 0 unspecified atom stereocenters. The van der Waals surface area contributed by atoms with Gasteiger partial charge in [0, 0.05) is 62.1 Å². The highest BCUT2D eigenvalue weighted by Gasteiger charge is 2.43. The lowest BCUT2D eigenvalue weighted by Gasteiger charge is -2.39.